The van der Waals surface area contributed by atoms with Crippen LogP contribution in [0.3, 0.4) is 0 Å². The molecule has 34 heavy (non-hydrogen) atoms. The van der Waals surface area contributed by atoms with Crippen molar-refractivity contribution in [1.29, 1.82) is 0 Å². The number of methoxy groups -OCH3 is 1. The summed E-state index contributed by atoms with van der Waals surface area (Å²) in [5.41, 5.74) is 1.11. The first kappa shape index (κ1) is 27.0. The van der Waals surface area contributed by atoms with E-state index in [9.17, 15) is 18.0 Å². The van der Waals surface area contributed by atoms with E-state index in [4.69, 9.17) is 9.47 Å². The van der Waals surface area contributed by atoms with Crippen LogP contribution in [0.2, 0.25) is 0 Å². The molecule has 10 heteroatoms. The summed E-state index contributed by atoms with van der Waals surface area (Å²) < 4.78 is 36.8. The number of likely N-dealkylation sites (N-methyl/N-ethyl adjacent to an activating group) is 1. The Labute approximate surface area is 201 Å². The summed E-state index contributed by atoms with van der Waals surface area (Å²) in [5.74, 6) is 0.443. The fourth-order valence-electron chi connectivity index (χ4n) is 3.50. The normalized spacial score (nSPS) is 11.9. The molecule has 0 aliphatic rings. The Balaban J connectivity index is 2.38. The monoisotopic (exact) mass is 491 g/mol. The number of benzene rings is 2. The van der Waals surface area contributed by atoms with Gasteiger partial charge in [0.15, 0.2) is 0 Å². The van der Waals surface area contributed by atoms with E-state index in [0.29, 0.717) is 30.2 Å². The molecule has 186 valence electrons. The molecule has 1 N–H and O–H groups in total. The number of carbonyl (C=O) groups is 2. The highest BCUT2D eigenvalue weighted by molar-refractivity contribution is 7.92. The first-order valence-corrected chi connectivity index (χ1v) is 12.8. The fraction of sp³-hybridized carbons (Fsp3) is 0.417. The standard InChI is InChI=1S/C24H33N3O6S/c1-6-22(24(29)25-3)26(16-18-8-12-20(32-4)13-9-18)23(28)17-27(34(5,30)31)19-10-14-21(15-11-19)33-7-2/h8-15,22H,6-7,16-17H2,1-5H3,(H,25,29)/t22-/m0/s1. The number of rotatable bonds is 12. The van der Waals surface area contributed by atoms with Crippen LogP contribution >= 0.6 is 0 Å². The molecule has 0 bridgehead atoms. The lowest BCUT2D eigenvalue weighted by atomic mass is 10.1. The molecule has 1 atom stereocenters. The third-order valence-electron chi connectivity index (χ3n) is 5.26. The van der Waals surface area contributed by atoms with Crippen LogP contribution in [0, 0.1) is 0 Å². The predicted octanol–water partition coefficient (Wildman–Crippen LogP) is 2.41. The van der Waals surface area contributed by atoms with Crippen molar-refractivity contribution in [2.24, 2.45) is 0 Å². The summed E-state index contributed by atoms with van der Waals surface area (Å²) in [4.78, 5) is 27.5. The van der Waals surface area contributed by atoms with E-state index < -0.39 is 28.5 Å². The molecule has 9 nitrogen and oxygen atoms in total. The predicted molar refractivity (Wildman–Crippen MR) is 131 cm³/mol. The second kappa shape index (κ2) is 12.3. The maximum atomic E-state index is 13.5. The summed E-state index contributed by atoms with van der Waals surface area (Å²) in [5, 5.41) is 2.59. The average Bonchev–Trinajstić information content (AvgIpc) is 2.82. The van der Waals surface area contributed by atoms with Gasteiger partial charge in [0.25, 0.3) is 0 Å². The van der Waals surface area contributed by atoms with Crippen molar-refractivity contribution >= 4 is 27.5 Å². The SMILES string of the molecule is CCOc1ccc(N(CC(=O)N(Cc2ccc(OC)cc2)[C@@H](CC)C(=O)NC)S(C)(=O)=O)cc1. The fourth-order valence-corrected chi connectivity index (χ4v) is 4.35. The molecule has 2 rings (SSSR count). The molecule has 2 aromatic rings. The lowest BCUT2D eigenvalue weighted by molar-refractivity contribution is -0.140. The number of hydrogen-bond donors (Lipinski definition) is 1. The average molecular weight is 492 g/mol. The van der Waals surface area contributed by atoms with Gasteiger partial charge in [0, 0.05) is 13.6 Å². The third-order valence-corrected chi connectivity index (χ3v) is 6.40. The molecule has 0 aromatic heterocycles. The second-order valence-electron chi connectivity index (χ2n) is 7.60. The van der Waals surface area contributed by atoms with Gasteiger partial charge in [0.2, 0.25) is 21.8 Å². The smallest absolute Gasteiger partial charge is 0.244 e. The largest absolute Gasteiger partial charge is 0.497 e. The number of sulfonamides is 1. The van der Waals surface area contributed by atoms with Crippen molar-refractivity contribution in [3.63, 3.8) is 0 Å². The molecule has 0 heterocycles. The van der Waals surface area contributed by atoms with Crippen LogP contribution in [-0.2, 0) is 26.2 Å². The number of carbonyl (C=O) groups excluding carboxylic acids is 2. The highest BCUT2D eigenvalue weighted by Gasteiger charge is 2.31. The van der Waals surface area contributed by atoms with E-state index in [1.807, 2.05) is 6.92 Å². The van der Waals surface area contributed by atoms with Crippen LogP contribution in [0.4, 0.5) is 5.69 Å². The topological polar surface area (TPSA) is 105 Å². The van der Waals surface area contributed by atoms with Gasteiger partial charge >= 0.3 is 0 Å². The van der Waals surface area contributed by atoms with E-state index >= 15 is 0 Å². The first-order chi connectivity index (χ1) is 16.1. The number of amides is 2. The molecular weight excluding hydrogens is 458 g/mol. The molecule has 0 unspecified atom stereocenters. The van der Waals surface area contributed by atoms with Crippen LogP contribution < -0.4 is 19.1 Å². The Morgan fingerprint density at radius 3 is 2.06 bits per heavy atom. The van der Waals surface area contributed by atoms with Crippen LogP contribution in [-0.4, -0.2) is 64.7 Å². The van der Waals surface area contributed by atoms with E-state index in [-0.39, 0.29) is 12.5 Å². The lowest BCUT2D eigenvalue weighted by Crippen LogP contribution is -2.51. The Morgan fingerprint density at radius 1 is 1.00 bits per heavy atom. The van der Waals surface area contributed by atoms with E-state index in [2.05, 4.69) is 5.32 Å². The van der Waals surface area contributed by atoms with Gasteiger partial charge in [-0.3, -0.25) is 13.9 Å². The molecule has 0 saturated carbocycles. The van der Waals surface area contributed by atoms with Gasteiger partial charge in [-0.2, -0.15) is 0 Å². The van der Waals surface area contributed by atoms with E-state index in [1.54, 1.807) is 62.6 Å². The van der Waals surface area contributed by atoms with Gasteiger partial charge in [-0.1, -0.05) is 19.1 Å². The summed E-state index contributed by atoms with van der Waals surface area (Å²) in [6.07, 6.45) is 1.41. The Morgan fingerprint density at radius 2 is 1.59 bits per heavy atom. The summed E-state index contributed by atoms with van der Waals surface area (Å²) >= 11 is 0. The molecule has 0 aliphatic heterocycles. The minimum atomic E-state index is -3.78. The molecule has 0 radical (unpaired) electrons. The van der Waals surface area contributed by atoms with E-state index in [0.717, 1.165) is 16.1 Å². The molecule has 0 spiro atoms. The van der Waals surface area contributed by atoms with Gasteiger partial charge in [-0.05, 0) is 55.3 Å². The highest BCUT2D eigenvalue weighted by Crippen LogP contribution is 2.23. The summed E-state index contributed by atoms with van der Waals surface area (Å²) in [7, 11) is -0.720. The third kappa shape index (κ3) is 7.11. The molecule has 0 aliphatic carbocycles. The number of nitrogens with zero attached hydrogens (tertiary/aromatic N) is 2. The molecule has 0 fully saturated rings. The highest BCUT2D eigenvalue weighted by atomic mass is 32.2. The van der Waals surface area contributed by atoms with Crippen LogP contribution in [0.25, 0.3) is 0 Å². The first-order valence-electron chi connectivity index (χ1n) is 11.0. The zero-order chi connectivity index (χ0) is 25.3. The van der Waals surface area contributed by atoms with E-state index in [1.165, 1.54) is 11.9 Å². The maximum absolute atomic E-state index is 13.5. The minimum absolute atomic E-state index is 0.135. The van der Waals surface area contributed by atoms with Crippen LogP contribution in [0.5, 0.6) is 11.5 Å². The van der Waals surface area contributed by atoms with Gasteiger partial charge < -0.3 is 19.7 Å². The number of hydrogen-bond acceptors (Lipinski definition) is 6. The van der Waals surface area contributed by atoms with Crippen molar-refractivity contribution in [3.05, 3.63) is 54.1 Å². The van der Waals surface area contributed by atoms with Crippen molar-refractivity contribution in [2.75, 3.05) is 37.9 Å². The summed E-state index contributed by atoms with van der Waals surface area (Å²) in [6.45, 7) is 3.82. The number of ether oxygens (including phenoxy) is 2. The minimum Gasteiger partial charge on any atom is -0.497 e. The van der Waals surface area contributed by atoms with Crippen molar-refractivity contribution in [2.45, 2.75) is 32.9 Å². The van der Waals surface area contributed by atoms with Gasteiger partial charge in [-0.25, -0.2) is 8.42 Å². The van der Waals surface area contributed by atoms with Crippen molar-refractivity contribution in [3.8, 4) is 11.5 Å². The van der Waals surface area contributed by atoms with Gasteiger partial charge in [0.05, 0.1) is 25.7 Å². The Kier molecular flexibility index (Phi) is 9.73. The second-order valence-corrected chi connectivity index (χ2v) is 9.51. The van der Waals surface area contributed by atoms with Crippen molar-refractivity contribution < 1.29 is 27.5 Å². The zero-order valence-electron chi connectivity index (χ0n) is 20.3. The molecule has 2 amide bonds. The molecular formula is C24H33N3O6S. The Hall–Kier alpha value is -3.27. The van der Waals surface area contributed by atoms with Crippen molar-refractivity contribution in [1.82, 2.24) is 10.2 Å². The zero-order valence-corrected chi connectivity index (χ0v) is 21.1. The van der Waals surface area contributed by atoms with Crippen LogP contribution in [0.1, 0.15) is 25.8 Å². The number of nitrogens with one attached hydrogen (secondary N) is 1. The Bertz CT molecular complexity index is 1060. The van der Waals surface area contributed by atoms with Crippen LogP contribution in [0.15, 0.2) is 48.5 Å². The summed E-state index contributed by atoms with van der Waals surface area (Å²) in [6, 6.07) is 12.8. The number of anilines is 1. The molecule has 0 saturated heterocycles. The quantitative estimate of drug-likeness (QED) is 0.489. The van der Waals surface area contributed by atoms with Gasteiger partial charge in [-0.15, -0.1) is 0 Å². The molecule has 2 aromatic carbocycles. The maximum Gasteiger partial charge on any atom is 0.244 e. The van der Waals surface area contributed by atoms with Gasteiger partial charge in [0.1, 0.15) is 24.1 Å². The lowest BCUT2D eigenvalue weighted by Gasteiger charge is -2.32.